The van der Waals surface area contributed by atoms with Gasteiger partial charge in [0.05, 0.1) is 19.8 Å². The van der Waals surface area contributed by atoms with Crippen molar-refractivity contribution in [1.29, 1.82) is 0 Å². The number of aliphatic hydroxyl groups excluding tert-OH is 1. The van der Waals surface area contributed by atoms with E-state index in [1.165, 1.54) is 0 Å². The van der Waals surface area contributed by atoms with Gasteiger partial charge in [0.25, 0.3) is 5.91 Å². The SMILES string of the molecule is COCCNC(=O)C1=C[C@H](c2ccc(Cl)cc2)C[C@H](OCc2ccc(CO)cc2)O1. The number of hydrogen-bond acceptors (Lipinski definition) is 5. The molecule has 7 heteroatoms. The van der Waals surface area contributed by atoms with E-state index in [1.807, 2.05) is 54.6 Å². The first kappa shape index (κ1) is 22.3. The zero-order valence-electron chi connectivity index (χ0n) is 16.8. The van der Waals surface area contributed by atoms with Crippen molar-refractivity contribution < 1.29 is 24.1 Å². The average molecular weight is 432 g/mol. The molecule has 1 aliphatic heterocycles. The summed E-state index contributed by atoms with van der Waals surface area (Å²) < 4.78 is 16.8. The summed E-state index contributed by atoms with van der Waals surface area (Å²) in [7, 11) is 1.58. The van der Waals surface area contributed by atoms with Crippen LogP contribution in [0.15, 0.2) is 60.4 Å². The summed E-state index contributed by atoms with van der Waals surface area (Å²) in [5.41, 5.74) is 2.83. The minimum Gasteiger partial charge on any atom is -0.459 e. The first-order valence-corrected chi connectivity index (χ1v) is 10.2. The van der Waals surface area contributed by atoms with E-state index >= 15 is 0 Å². The number of aliphatic hydroxyl groups is 1. The summed E-state index contributed by atoms with van der Waals surface area (Å²) in [5.74, 6) is -0.106. The van der Waals surface area contributed by atoms with Crippen LogP contribution in [0.1, 0.15) is 29.0 Å². The zero-order valence-corrected chi connectivity index (χ0v) is 17.6. The summed E-state index contributed by atoms with van der Waals surface area (Å²) in [6.07, 6.45) is 1.82. The van der Waals surface area contributed by atoms with Gasteiger partial charge in [-0.2, -0.15) is 0 Å². The molecule has 0 fully saturated rings. The molecule has 0 saturated heterocycles. The molecular formula is C23H26ClNO5. The van der Waals surface area contributed by atoms with Crippen LogP contribution in [0.3, 0.4) is 0 Å². The summed E-state index contributed by atoms with van der Waals surface area (Å²) in [6.45, 7) is 1.15. The van der Waals surface area contributed by atoms with E-state index in [0.29, 0.717) is 31.2 Å². The Labute approximate surface area is 181 Å². The van der Waals surface area contributed by atoms with Crippen LogP contribution in [-0.4, -0.2) is 37.6 Å². The lowest BCUT2D eigenvalue weighted by molar-refractivity contribution is -0.150. The first-order chi connectivity index (χ1) is 14.6. The third-order valence-corrected chi connectivity index (χ3v) is 5.06. The molecule has 1 aliphatic rings. The van der Waals surface area contributed by atoms with Crippen LogP contribution in [0.5, 0.6) is 0 Å². The monoisotopic (exact) mass is 431 g/mol. The predicted molar refractivity (Wildman–Crippen MR) is 114 cm³/mol. The van der Waals surface area contributed by atoms with Crippen molar-refractivity contribution in [2.45, 2.75) is 31.8 Å². The molecule has 2 N–H and O–H groups in total. The summed E-state index contributed by atoms with van der Waals surface area (Å²) in [6, 6.07) is 15.1. The highest BCUT2D eigenvalue weighted by Gasteiger charge is 2.28. The van der Waals surface area contributed by atoms with E-state index < -0.39 is 6.29 Å². The summed E-state index contributed by atoms with van der Waals surface area (Å²) in [4.78, 5) is 12.5. The highest BCUT2D eigenvalue weighted by atomic mass is 35.5. The molecule has 30 heavy (non-hydrogen) atoms. The van der Waals surface area contributed by atoms with Crippen LogP contribution in [0.4, 0.5) is 0 Å². The Morgan fingerprint density at radius 1 is 1.17 bits per heavy atom. The van der Waals surface area contributed by atoms with Crippen molar-refractivity contribution in [3.05, 3.63) is 82.1 Å². The molecule has 3 rings (SSSR count). The molecule has 0 radical (unpaired) electrons. The molecule has 1 heterocycles. The van der Waals surface area contributed by atoms with Gasteiger partial charge < -0.3 is 24.6 Å². The lowest BCUT2D eigenvalue weighted by Crippen LogP contribution is -2.34. The number of amides is 1. The van der Waals surface area contributed by atoms with Crippen molar-refractivity contribution in [2.24, 2.45) is 0 Å². The van der Waals surface area contributed by atoms with Crippen molar-refractivity contribution in [2.75, 3.05) is 20.3 Å². The Hall–Kier alpha value is -2.38. The number of carbonyl (C=O) groups excluding carboxylic acids is 1. The van der Waals surface area contributed by atoms with Gasteiger partial charge in [-0.05, 0) is 34.9 Å². The van der Waals surface area contributed by atoms with E-state index in [0.717, 1.165) is 16.7 Å². The number of ether oxygens (including phenoxy) is 3. The Balaban J connectivity index is 1.70. The molecule has 0 bridgehead atoms. The molecule has 0 saturated carbocycles. The van der Waals surface area contributed by atoms with E-state index in [2.05, 4.69) is 5.32 Å². The lowest BCUT2D eigenvalue weighted by Gasteiger charge is -2.29. The normalized spacial score (nSPS) is 18.4. The van der Waals surface area contributed by atoms with Gasteiger partial charge in [-0.3, -0.25) is 4.79 Å². The predicted octanol–water partition coefficient (Wildman–Crippen LogP) is 3.53. The van der Waals surface area contributed by atoms with Gasteiger partial charge in [0, 0.05) is 31.0 Å². The number of rotatable bonds is 9. The van der Waals surface area contributed by atoms with Crippen LogP contribution in [0, 0.1) is 0 Å². The molecule has 160 valence electrons. The highest BCUT2D eigenvalue weighted by molar-refractivity contribution is 6.30. The second-order valence-corrected chi connectivity index (χ2v) is 7.44. The van der Waals surface area contributed by atoms with Gasteiger partial charge in [-0.1, -0.05) is 48.0 Å². The number of hydrogen-bond donors (Lipinski definition) is 2. The number of allylic oxidation sites excluding steroid dienone is 1. The molecule has 0 unspecified atom stereocenters. The Morgan fingerprint density at radius 2 is 1.87 bits per heavy atom. The second kappa shape index (κ2) is 11.1. The number of benzene rings is 2. The van der Waals surface area contributed by atoms with Gasteiger partial charge in [0.15, 0.2) is 5.76 Å². The second-order valence-electron chi connectivity index (χ2n) is 7.01. The summed E-state index contributed by atoms with van der Waals surface area (Å²) in [5, 5.41) is 12.6. The van der Waals surface area contributed by atoms with E-state index in [-0.39, 0.29) is 24.2 Å². The largest absolute Gasteiger partial charge is 0.459 e. The van der Waals surface area contributed by atoms with Crippen LogP contribution in [0.2, 0.25) is 5.02 Å². The standard InChI is InChI=1S/C23H26ClNO5/c1-28-11-10-25-23(27)21-12-19(18-6-8-20(24)9-7-18)13-22(30-21)29-15-17-4-2-16(14-26)3-5-17/h2-9,12,19,22,26H,10-11,13-15H2,1H3,(H,25,27)/t19-,22+/m0/s1. The number of carbonyl (C=O) groups is 1. The molecule has 0 aliphatic carbocycles. The minimum absolute atomic E-state index is 0.00197. The first-order valence-electron chi connectivity index (χ1n) is 9.80. The van der Waals surface area contributed by atoms with Gasteiger partial charge in [-0.15, -0.1) is 0 Å². The quantitative estimate of drug-likeness (QED) is 0.594. The molecule has 2 aromatic rings. The maximum absolute atomic E-state index is 12.5. The third-order valence-electron chi connectivity index (χ3n) is 4.81. The van der Waals surface area contributed by atoms with Crippen LogP contribution < -0.4 is 5.32 Å². The van der Waals surface area contributed by atoms with Gasteiger partial charge in [0.1, 0.15) is 0 Å². The van der Waals surface area contributed by atoms with E-state index in [4.69, 9.17) is 30.9 Å². The smallest absolute Gasteiger partial charge is 0.286 e. The van der Waals surface area contributed by atoms with Crippen LogP contribution >= 0.6 is 11.6 Å². The molecule has 2 aromatic carbocycles. The van der Waals surface area contributed by atoms with Crippen molar-refractivity contribution in [1.82, 2.24) is 5.32 Å². The fourth-order valence-corrected chi connectivity index (χ4v) is 3.27. The zero-order chi connectivity index (χ0) is 21.3. The fourth-order valence-electron chi connectivity index (χ4n) is 3.14. The Bertz CT molecular complexity index is 851. The van der Waals surface area contributed by atoms with E-state index in [1.54, 1.807) is 7.11 Å². The van der Waals surface area contributed by atoms with Gasteiger partial charge in [0.2, 0.25) is 6.29 Å². The average Bonchev–Trinajstić information content (AvgIpc) is 2.78. The Kier molecular flexibility index (Phi) is 8.28. The van der Waals surface area contributed by atoms with E-state index in [9.17, 15) is 4.79 Å². The fraction of sp³-hybridized carbons (Fsp3) is 0.348. The number of nitrogens with one attached hydrogen (secondary N) is 1. The van der Waals surface area contributed by atoms with Crippen molar-refractivity contribution in [3.63, 3.8) is 0 Å². The van der Waals surface area contributed by atoms with Crippen LogP contribution in [0.25, 0.3) is 0 Å². The molecule has 6 nitrogen and oxygen atoms in total. The molecule has 2 atom stereocenters. The molecular weight excluding hydrogens is 406 g/mol. The van der Waals surface area contributed by atoms with Crippen molar-refractivity contribution in [3.8, 4) is 0 Å². The Morgan fingerprint density at radius 3 is 2.53 bits per heavy atom. The van der Waals surface area contributed by atoms with Gasteiger partial charge in [-0.25, -0.2) is 0 Å². The summed E-state index contributed by atoms with van der Waals surface area (Å²) >= 11 is 6.01. The molecule has 0 aromatic heterocycles. The molecule has 0 spiro atoms. The topological polar surface area (TPSA) is 77.0 Å². The maximum atomic E-state index is 12.5. The highest BCUT2D eigenvalue weighted by Crippen LogP contribution is 2.32. The number of methoxy groups -OCH3 is 1. The number of halogens is 1. The lowest BCUT2D eigenvalue weighted by atomic mass is 9.93. The van der Waals surface area contributed by atoms with Crippen molar-refractivity contribution >= 4 is 17.5 Å². The van der Waals surface area contributed by atoms with Gasteiger partial charge >= 0.3 is 0 Å². The molecule has 1 amide bonds. The minimum atomic E-state index is -0.573. The van der Waals surface area contributed by atoms with Crippen LogP contribution in [-0.2, 0) is 32.2 Å². The third kappa shape index (κ3) is 6.31. The maximum Gasteiger partial charge on any atom is 0.286 e.